The van der Waals surface area contributed by atoms with Gasteiger partial charge in [0, 0.05) is 11.8 Å². The molecular weight excluding hydrogens is 295 g/mol. The van der Waals surface area contributed by atoms with Gasteiger partial charge >= 0.3 is 0 Å². The summed E-state index contributed by atoms with van der Waals surface area (Å²) >= 11 is 11.7. The molecule has 0 spiro atoms. The van der Waals surface area contributed by atoms with E-state index in [0.29, 0.717) is 15.9 Å². The number of nitrogens with zero attached hydrogens (tertiary/aromatic N) is 1. The summed E-state index contributed by atoms with van der Waals surface area (Å²) in [5.41, 5.74) is 1.64. The molecule has 5 heteroatoms. The highest BCUT2D eigenvalue weighted by Gasteiger charge is 2.00. The first-order valence-corrected chi connectivity index (χ1v) is 6.68. The van der Waals surface area contributed by atoms with Gasteiger partial charge in [0.05, 0.1) is 10.0 Å². The predicted molar refractivity (Wildman–Crippen MR) is 83.1 cm³/mol. The van der Waals surface area contributed by atoms with Crippen LogP contribution in [0.1, 0.15) is 11.3 Å². The van der Waals surface area contributed by atoms with Crippen molar-refractivity contribution in [2.45, 2.75) is 6.92 Å². The molecular formula is C15H12Cl2N2O. The Morgan fingerprint density at radius 2 is 2.00 bits per heavy atom. The van der Waals surface area contributed by atoms with Gasteiger partial charge in [-0.2, -0.15) is 0 Å². The minimum atomic E-state index is -0.255. The standard InChI is InChI=1S/C15H12Cl2N2O/c1-10-3-2-4-14(18-10)19-15(20)8-6-11-5-7-12(16)13(17)9-11/h2-9H,1H3,(H,18,19,20)/b8-6+. The quantitative estimate of drug-likeness (QED) is 0.857. The molecule has 0 aliphatic carbocycles. The highest BCUT2D eigenvalue weighted by atomic mass is 35.5. The summed E-state index contributed by atoms with van der Waals surface area (Å²) in [6, 6.07) is 10.6. The fourth-order valence-corrected chi connectivity index (χ4v) is 1.88. The molecule has 0 saturated heterocycles. The lowest BCUT2D eigenvalue weighted by Gasteiger charge is -2.02. The number of amides is 1. The summed E-state index contributed by atoms with van der Waals surface area (Å²) in [6.45, 7) is 1.86. The molecule has 102 valence electrons. The molecule has 0 atom stereocenters. The first-order chi connectivity index (χ1) is 9.54. The second-order valence-corrected chi connectivity index (χ2v) is 4.97. The van der Waals surface area contributed by atoms with Crippen LogP contribution in [0.3, 0.4) is 0 Å². The van der Waals surface area contributed by atoms with Crippen molar-refractivity contribution in [2.75, 3.05) is 5.32 Å². The number of hydrogen-bond donors (Lipinski definition) is 1. The highest BCUT2D eigenvalue weighted by Crippen LogP contribution is 2.23. The number of benzene rings is 1. The lowest BCUT2D eigenvalue weighted by Crippen LogP contribution is -2.09. The van der Waals surface area contributed by atoms with E-state index in [1.165, 1.54) is 6.08 Å². The molecule has 0 unspecified atom stereocenters. The zero-order valence-electron chi connectivity index (χ0n) is 10.7. The molecule has 2 rings (SSSR count). The molecule has 0 aliphatic rings. The van der Waals surface area contributed by atoms with Gasteiger partial charge in [0.25, 0.3) is 0 Å². The third-order valence-corrected chi connectivity index (χ3v) is 3.25. The van der Waals surface area contributed by atoms with E-state index >= 15 is 0 Å². The van der Waals surface area contributed by atoms with Gasteiger partial charge in [0.15, 0.2) is 0 Å². The van der Waals surface area contributed by atoms with Crippen molar-refractivity contribution < 1.29 is 4.79 Å². The lowest BCUT2D eigenvalue weighted by molar-refractivity contribution is -0.111. The van der Waals surface area contributed by atoms with Crippen molar-refractivity contribution in [1.82, 2.24) is 4.98 Å². The second kappa shape index (κ2) is 6.55. The largest absolute Gasteiger partial charge is 0.307 e. The van der Waals surface area contributed by atoms with E-state index in [0.717, 1.165) is 11.3 Å². The normalized spacial score (nSPS) is 10.8. The topological polar surface area (TPSA) is 42.0 Å². The number of aromatic nitrogens is 1. The number of anilines is 1. The number of carbonyl (C=O) groups is 1. The SMILES string of the molecule is Cc1cccc(NC(=O)/C=C/c2ccc(Cl)c(Cl)c2)n1. The molecule has 20 heavy (non-hydrogen) atoms. The summed E-state index contributed by atoms with van der Waals surface area (Å²) in [4.78, 5) is 15.9. The van der Waals surface area contributed by atoms with Crippen molar-refractivity contribution in [2.24, 2.45) is 0 Å². The van der Waals surface area contributed by atoms with Crippen molar-refractivity contribution in [3.63, 3.8) is 0 Å². The van der Waals surface area contributed by atoms with Gasteiger partial charge < -0.3 is 5.32 Å². The lowest BCUT2D eigenvalue weighted by atomic mass is 10.2. The molecule has 3 nitrogen and oxygen atoms in total. The summed E-state index contributed by atoms with van der Waals surface area (Å²) in [7, 11) is 0. The Morgan fingerprint density at radius 1 is 1.20 bits per heavy atom. The Kier molecular flexibility index (Phi) is 4.77. The Hall–Kier alpha value is -1.84. The highest BCUT2D eigenvalue weighted by molar-refractivity contribution is 6.42. The maximum Gasteiger partial charge on any atom is 0.249 e. The van der Waals surface area contributed by atoms with E-state index in [-0.39, 0.29) is 5.91 Å². The zero-order valence-corrected chi connectivity index (χ0v) is 12.2. The van der Waals surface area contributed by atoms with Gasteiger partial charge in [-0.1, -0.05) is 35.3 Å². The maximum atomic E-state index is 11.8. The van der Waals surface area contributed by atoms with E-state index in [1.54, 1.807) is 30.3 Å². The van der Waals surface area contributed by atoms with E-state index in [9.17, 15) is 4.79 Å². The first-order valence-electron chi connectivity index (χ1n) is 5.92. The van der Waals surface area contributed by atoms with Crippen LogP contribution in [0.5, 0.6) is 0 Å². The van der Waals surface area contributed by atoms with Gasteiger partial charge in [-0.15, -0.1) is 0 Å². The number of halogens is 2. The fourth-order valence-electron chi connectivity index (χ4n) is 1.57. The van der Waals surface area contributed by atoms with E-state index < -0.39 is 0 Å². The van der Waals surface area contributed by atoms with Crippen LogP contribution in [0.4, 0.5) is 5.82 Å². The Labute approximate surface area is 127 Å². The molecule has 0 bridgehead atoms. The van der Waals surface area contributed by atoms with Crippen molar-refractivity contribution >= 4 is 41.0 Å². The minimum Gasteiger partial charge on any atom is -0.307 e. The van der Waals surface area contributed by atoms with Gasteiger partial charge in [0.1, 0.15) is 5.82 Å². The van der Waals surface area contributed by atoms with Crippen LogP contribution in [-0.4, -0.2) is 10.9 Å². The molecule has 1 heterocycles. The van der Waals surface area contributed by atoms with Crippen molar-refractivity contribution in [3.05, 3.63) is 63.8 Å². The van der Waals surface area contributed by atoms with Gasteiger partial charge in [0.2, 0.25) is 5.91 Å². The molecule has 1 amide bonds. The van der Waals surface area contributed by atoms with Crippen molar-refractivity contribution in [1.29, 1.82) is 0 Å². The average molecular weight is 307 g/mol. The van der Waals surface area contributed by atoms with E-state index in [1.807, 2.05) is 19.1 Å². The molecule has 0 aliphatic heterocycles. The minimum absolute atomic E-state index is 0.255. The number of carbonyl (C=O) groups excluding carboxylic acids is 1. The van der Waals surface area contributed by atoms with Crippen LogP contribution >= 0.6 is 23.2 Å². The van der Waals surface area contributed by atoms with Gasteiger partial charge in [-0.3, -0.25) is 4.79 Å². The number of nitrogens with one attached hydrogen (secondary N) is 1. The zero-order chi connectivity index (χ0) is 14.5. The molecule has 2 aromatic rings. The predicted octanol–water partition coefficient (Wildman–Crippen LogP) is 4.35. The first kappa shape index (κ1) is 14.6. The summed E-state index contributed by atoms with van der Waals surface area (Å²) in [5.74, 6) is 0.267. The Bertz CT molecular complexity index is 669. The third-order valence-electron chi connectivity index (χ3n) is 2.51. The van der Waals surface area contributed by atoms with E-state index in [4.69, 9.17) is 23.2 Å². The van der Waals surface area contributed by atoms with Crippen LogP contribution in [0.2, 0.25) is 10.0 Å². The van der Waals surface area contributed by atoms with Crippen molar-refractivity contribution in [3.8, 4) is 0 Å². The monoisotopic (exact) mass is 306 g/mol. The molecule has 1 aromatic carbocycles. The third kappa shape index (κ3) is 4.08. The number of rotatable bonds is 3. The Balaban J connectivity index is 2.03. The number of aryl methyl sites for hydroxylation is 1. The van der Waals surface area contributed by atoms with Crippen LogP contribution in [-0.2, 0) is 4.79 Å². The average Bonchev–Trinajstić information content (AvgIpc) is 2.40. The molecule has 1 aromatic heterocycles. The second-order valence-electron chi connectivity index (χ2n) is 4.16. The fraction of sp³-hybridized carbons (Fsp3) is 0.0667. The summed E-state index contributed by atoms with van der Waals surface area (Å²) in [6.07, 6.45) is 3.08. The molecule has 0 fully saturated rings. The van der Waals surface area contributed by atoms with Crippen LogP contribution in [0, 0.1) is 6.92 Å². The molecule has 0 saturated carbocycles. The van der Waals surface area contributed by atoms with E-state index in [2.05, 4.69) is 10.3 Å². The maximum absolute atomic E-state index is 11.8. The number of pyridine rings is 1. The van der Waals surface area contributed by atoms with Crippen LogP contribution < -0.4 is 5.32 Å². The molecule has 1 N–H and O–H groups in total. The molecule has 0 radical (unpaired) electrons. The van der Waals surface area contributed by atoms with Gasteiger partial charge in [-0.05, 0) is 42.8 Å². The summed E-state index contributed by atoms with van der Waals surface area (Å²) in [5, 5.41) is 3.62. The smallest absolute Gasteiger partial charge is 0.249 e. The summed E-state index contributed by atoms with van der Waals surface area (Å²) < 4.78 is 0. The Morgan fingerprint density at radius 3 is 2.70 bits per heavy atom. The van der Waals surface area contributed by atoms with Crippen LogP contribution in [0.25, 0.3) is 6.08 Å². The van der Waals surface area contributed by atoms with Crippen LogP contribution in [0.15, 0.2) is 42.5 Å². The number of hydrogen-bond acceptors (Lipinski definition) is 2. The van der Waals surface area contributed by atoms with Gasteiger partial charge in [-0.25, -0.2) is 4.98 Å².